The van der Waals surface area contributed by atoms with Crippen LogP contribution in [-0.2, 0) is 29.9 Å². The van der Waals surface area contributed by atoms with Crippen molar-refractivity contribution in [1.82, 2.24) is 25.1 Å². The van der Waals surface area contributed by atoms with Crippen molar-refractivity contribution in [3.8, 4) is 5.69 Å². The van der Waals surface area contributed by atoms with Crippen LogP contribution in [0.25, 0.3) is 15.9 Å². The van der Waals surface area contributed by atoms with Crippen molar-refractivity contribution < 1.29 is 4.79 Å². The highest BCUT2D eigenvalue weighted by Gasteiger charge is 2.21. The standard InChI is InChI=1S/C24H25N5O2S2/c1-14-18(15(2)29(28-14)16-7-4-3-5-8-16)11-25-21(30)13-32-12-20-26-23(31)22-17-9-6-10-19(17)33-24(22)27-20/h3-5,7-8H,6,9-13H2,1-2H3,(H,25,30)(H,26,27,31). The molecular formula is C24H25N5O2S2. The lowest BCUT2D eigenvalue weighted by atomic mass is 10.2. The molecule has 9 heteroatoms. The molecule has 0 saturated carbocycles. The van der Waals surface area contributed by atoms with Crippen LogP contribution in [0.1, 0.15) is 39.6 Å². The molecule has 0 radical (unpaired) electrons. The molecule has 1 aliphatic rings. The number of nitrogens with one attached hydrogen (secondary N) is 2. The van der Waals surface area contributed by atoms with E-state index in [1.807, 2.05) is 48.9 Å². The van der Waals surface area contributed by atoms with Gasteiger partial charge in [-0.1, -0.05) is 18.2 Å². The predicted octanol–water partition coefficient (Wildman–Crippen LogP) is 3.83. The number of fused-ring (bicyclic) bond motifs is 3. The summed E-state index contributed by atoms with van der Waals surface area (Å²) in [6.07, 6.45) is 3.14. The van der Waals surface area contributed by atoms with Crippen LogP contribution in [0, 0.1) is 13.8 Å². The Labute approximate surface area is 199 Å². The largest absolute Gasteiger partial charge is 0.351 e. The summed E-state index contributed by atoms with van der Waals surface area (Å²) in [5.41, 5.74) is 5.08. The minimum Gasteiger partial charge on any atom is -0.351 e. The summed E-state index contributed by atoms with van der Waals surface area (Å²) in [5, 5.41) is 8.39. The third kappa shape index (κ3) is 4.35. The lowest BCUT2D eigenvalue weighted by Crippen LogP contribution is -2.25. The number of benzene rings is 1. The molecule has 7 nitrogen and oxygen atoms in total. The van der Waals surface area contributed by atoms with Crippen molar-refractivity contribution in [3.05, 3.63) is 73.9 Å². The summed E-state index contributed by atoms with van der Waals surface area (Å²) < 4.78 is 1.91. The van der Waals surface area contributed by atoms with E-state index in [9.17, 15) is 9.59 Å². The van der Waals surface area contributed by atoms with Gasteiger partial charge in [0.25, 0.3) is 5.56 Å². The van der Waals surface area contributed by atoms with E-state index in [-0.39, 0.29) is 11.5 Å². The highest BCUT2D eigenvalue weighted by Crippen LogP contribution is 2.34. The van der Waals surface area contributed by atoms with Gasteiger partial charge in [0, 0.05) is 22.7 Å². The van der Waals surface area contributed by atoms with Gasteiger partial charge in [0.05, 0.1) is 28.3 Å². The van der Waals surface area contributed by atoms with E-state index >= 15 is 0 Å². The molecule has 0 atom stereocenters. The second kappa shape index (κ2) is 9.15. The molecule has 4 aromatic rings. The average Bonchev–Trinajstić information content (AvgIpc) is 3.46. The van der Waals surface area contributed by atoms with Crippen LogP contribution in [0.15, 0.2) is 35.1 Å². The number of thioether (sulfide) groups is 1. The molecule has 0 spiro atoms. The monoisotopic (exact) mass is 479 g/mol. The Balaban J connectivity index is 1.18. The number of aromatic nitrogens is 4. The van der Waals surface area contributed by atoms with E-state index < -0.39 is 0 Å². The fourth-order valence-electron chi connectivity index (χ4n) is 4.35. The molecule has 1 aromatic carbocycles. The Morgan fingerprint density at radius 3 is 2.88 bits per heavy atom. The molecule has 0 saturated heterocycles. The first-order valence-electron chi connectivity index (χ1n) is 11.0. The number of rotatable bonds is 7. The average molecular weight is 480 g/mol. The number of hydrogen-bond donors (Lipinski definition) is 2. The van der Waals surface area contributed by atoms with E-state index in [4.69, 9.17) is 0 Å². The van der Waals surface area contributed by atoms with E-state index in [0.29, 0.717) is 23.9 Å². The second-order valence-electron chi connectivity index (χ2n) is 8.22. The van der Waals surface area contributed by atoms with Crippen LogP contribution in [0.3, 0.4) is 0 Å². The van der Waals surface area contributed by atoms with Crippen LogP contribution in [-0.4, -0.2) is 31.4 Å². The van der Waals surface area contributed by atoms with Gasteiger partial charge in [-0.15, -0.1) is 23.1 Å². The number of carbonyl (C=O) groups is 1. The third-order valence-corrected chi connectivity index (χ3v) is 8.13. The minimum absolute atomic E-state index is 0.0511. The molecule has 2 N–H and O–H groups in total. The third-order valence-electron chi connectivity index (χ3n) is 6.00. The molecule has 5 rings (SSSR count). The van der Waals surface area contributed by atoms with Crippen LogP contribution < -0.4 is 10.9 Å². The van der Waals surface area contributed by atoms with Gasteiger partial charge in [0.2, 0.25) is 5.91 Å². The molecule has 1 amide bonds. The number of carbonyl (C=O) groups excluding carboxylic acids is 1. The van der Waals surface area contributed by atoms with Crippen molar-refractivity contribution in [2.24, 2.45) is 0 Å². The molecule has 0 bridgehead atoms. The van der Waals surface area contributed by atoms with Gasteiger partial charge in [-0.3, -0.25) is 9.59 Å². The second-order valence-corrected chi connectivity index (χ2v) is 10.3. The first kappa shape index (κ1) is 21.9. The van der Waals surface area contributed by atoms with Gasteiger partial charge in [-0.2, -0.15) is 5.10 Å². The van der Waals surface area contributed by atoms with Gasteiger partial charge in [-0.25, -0.2) is 9.67 Å². The fourth-order valence-corrected chi connectivity index (χ4v) is 6.35. The zero-order valence-electron chi connectivity index (χ0n) is 18.6. The van der Waals surface area contributed by atoms with Crippen LogP contribution >= 0.6 is 23.1 Å². The molecule has 0 fully saturated rings. The van der Waals surface area contributed by atoms with Gasteiger partial charge < -0.3 is 10.3 Å². The highest BCUT2D eigenvalue weighted by molar-refractivity contribution is 7.99. The summed E-state index contributed by atoms with van der Waals surface area (Å²) in [4.78, 5) is 34.7. The predicted molar refractivity (Wildman–Crippen MR) is 133 cm³/mol. The number of thiophene rings is 1. The summed E-state index contributed by atoms with van der Waals surface area (Å²) in [6.45, 7) is 4.41. The lowest BCUT2D eigenvalue weighted by molar-refractivity contribution is -0.118. The first-order chi connectivity index (χ1) is 16.0. The number of amides is 1. The first-order valence-corrected chi connectivity index (χ1v) is 13.0. The van der Waals surface area contributed by atoms with Gasteiger partial charge in [0.1, 0.15) is 10.7 Å². The number of para-hydroxylation sites is 1. The molecule has 170 valence electrons. The van der Waals surface area contributed by atoms with Crippen molar-refractivity contribution in [1.29, 1.82) is 0 Å². The van der Waals surface area contributed by atoms with Crippen LogP contribution in [0.2, 0.25) is 0 Å². The Hall–Kier alpha value is -2.91. The Morgan fingerprint density at radius 1 is 1.24 bits per heavy atom. The normalized spacial score (nSPS) is 12.9. The molecule has 0 unspecified atom stereocenters. The maximum absolute atomic E-state index is 12.6. The van der Waals surface area contributed by atoms with E-state index in [1.54, 1.807) is 11.3 Å². The summed E-state index contributed by atoms with van der Waals surface area (Å²) >= 11 is 3.08. The highest BCUT2D eigenvalue weighted by atomic mass is 32.2. The molecule has 3 heterocycles. The van der Waals surface area contributed by atoms with Crippen molar-refractivity contribution in [2.45, 2.75) is 45.4 Å². The van der Waals surface area contributed by atoms with Crippen LogP contribution in [0.5, 0.6) is 0 Å². The van der Waals surface area contributed by atoms with Crippen molar-refractivity contribution >= 4 is 39.2 Å². The molecule has 3 aromatic heterocycles. The van der Waals surface area contributed by atoms with Crippen LogP contribution in [0.4, 0.5) is 0 Å². The van der Waals surface area contributed by atoms with Crippen molar-refractivity contribution in [3.63, 3.8) is 0 Å². The number of H-pyrrole nitrogens is 1. The Bertz CT molecular complexity index is 1390. The zero-order chi connectivity index (χ0) is 22.9. The zero-order valence-corrected chi connectivity index (χ0v) is 20.2. The number of aromatic amines is 1. The van der Waals surface area contributed by atoms with E-state index in [0.717, 1.165) is 52.1 Å². The quantitative estimate of drug-likeness (QED) is 0.420. The number of hydrogen-bond acceptors (Lipinski definition) is 6. The van der Waals surface area contributed by atoms with Gasteiger partial charge in [0.15, 0.2) is 0 Å². The SMILES string of the molecule is Cc1nn(-c2ccccc2)c(C)c1CNC(=O)CSCc1nc2sc3c(c2c(=O)[nH]1)CCC3. The van der Waals surface area contributed by atoms with E-state index in [2.05, 4.69) is 20.4 Å². The summed E-state index contributed by atoms with van der Waals surface area (Å²) in [5.74, 6) is 1.37. The maximum Gasteiger partial charge on any atom is 0.259 e. The Kier molecular flexibility index (Phi) is 6.07. The van der Waals surface area contributed by atoms with Gasteiger partial charge in [-0.05, 0) is 50.8 Å². The minimum atomic E-state index is -0.0548. The lowest BCUT2D eigenvalue weighted by Gasteiger charge is -2.07. The number of nitrogens with zero attached hydrogens (tertiary/aromatic N) is 3. The molecule has 0 aliphatic heterocycles. The number of aryl methyl sites for hydroxylation is 3. The van der Waals surface area contributed by atoms with Gasteiger partial charge >= 0.3 is 0 Å². The summed E-state index contributed by atoms with van der Waals surface area (Å²) in [7, 11) is 0. The topological polar surface area (TPSA) is 92.7 Å². The maximum atomic E-state index is 12.6. The Morgan fingerprint density at radius 2 is 2.06 bits per heavy atom. The summed E-state index contributed by atoms with van der Waals surface area (Å²) in [6, 6.07) is 9.96. The van der Waals surface area contributed by atoms with Crippen molar-refractivity contribution in [2.75, 3.05) is 5.75 Å². The molecule has 33 heavy (non-hydrogen) atoms. The fraction of sp³-hybridized carbons (Fsp3) is 0.333. The molecular weight excluding hydrogens is 454 g/mol. The smallest absolute Gasteiger partial charge is 0.259 e. The molecule has 1 aliphatic carbocycles. The van der Waals surface area contributed by atoms with E-state index in [1.165, 1.54) is 22.2 Å².